The number of hydrogen-bond donors (Lipinski definition) is 1. The molecule has 140 valence electrons. The lowest BCUT2D eigenvalue weighted by atomic mass is 10.1. The van der Waals surface area contributed by atoms with E-state index in [1.165, 1.54) is 11.8 Å². The Balaban J connectivity index is 1.94. The summed E-state index contributed by atoms with van der Waals surface area (Å²) in [5, 5.41) is 2.89. The molecular formula is C19H23NO5S. The molecule has 6 nitrogen and oxygen atoms in total. The van der Waals surface area contributed by atoms with Crippen LogP contribution in [0.15, 0.2) is 41.3 Å². The SMILES string of the molecule is COc1ccc(SCC(=O)NCc2ccc(OC)c(OC)c2OC)cc1. The Bertz CT molecular complexity index is 733. The molecule has 7 heteroatoms. The molecule has 1 N–H and O–H groups in total. The smallest absolute Gasteiger partial charge is 0.230 e. The first kappa shape index (κ1) is 19.8. The van der Waals surface area contributed by atoms with Crippen LogP contribution in [-0.4, -0.2) is 40.1 Å². The third-order valence-electron chi connectivity index (χ3n) is 3.69. The lowest BCUT2D eigenvalue weighted by Gasteiger charge is -2.16. The first-order chi connectivity index (χ1) is 12.6. The van der Waals surface area contributed by atoms with Crippen LogP contribution in [-0.2, 0) is 11.3 Å². The van der Waals surface area contributed by atoms with E-state index in [0.717, 1.165) is 16.2 Å². The number of carbonyl (C=O) groups is 1. The van der Waals surface area contributed by atoms with Gasteiger partial charge in [-0.15, -0.1) is 11.8 Å². The fourth-order valence-corrected chi connectivity index (χ4v) is 3.10. The summed E-state index contributed by atoms with van der Waals surface area (Å²) in [6.45, 7) is 0.339. The number of benzene rings is 2. The van der Waals surface area contributed by atoms with Crippen LogP contribution in [0.25, 0.3) is 0 Å². The zero-order valence-corrected chi connectivity index (χ0v) is 16.1. The van der Waals surface area contributed by atoms with Crippen molar-refractivity contribution in [3.8, 4) is 23.0 Å². The second kappa shape index (κ2) is 9.82. The zero-order valence-electron chi connectivity index (χ0n) is 15.3. The fraction of sp³-hybridized carbons (Fsp3) is 0.316. The second-order valence-corrected chi connectivity index (χ2v) is 6.28. The van der Waals surface area contributed by atoms with Gasteiger partial charge in [0.05, 0.1) is 34.2 Å². The Morgan fingerprint density at radius 3 is 2.15 bits per heavy atom. The van der Waals surface area contributed by atoms with Gasteiger partial charge in [0.15, 0.2) is 11.5 Å². The van der Waals surface area contributed by atoms with Gasteiger partial charge in [-0.2, -0.15) is 0 Å². The van der Waals surface area contributed by atoms with Crippen molar-refractivity contribution in [3.05, 3.63) is 42.0 Å². The standard InChI is InChI=1S/C19H23NO5S/c1-22-14-6-8-15(9-7-14)26-12-17(21)20-11-13-5-10-16(23-2)19(25-4)18(13)24-3/h5-10H,11-12H2,1-4H3,(H,20,21). The molecule has 2 aromatic carbocycles. The first-order valence-electron chi connectivity index (χ1n) is 7.94. The topological polar surface area (TPSA) is 66.0 Å². The molecule has 1 amide bonds. The molecule has 0 atom stereocenters. The van der Waals surface area contributed by atoms with Crippen molar-refractivity contribution in [2.75, 3.05) is 34.2 Å². The summed E-state index contributed by atoms with van der Waals surface area (Å²) in [6.07, 6.45) is 0. The first-order valence-corrected chi connectivity index (χ1v) is 8.92. The predicted molar refractivity (Wildman–Crippen MR) is 102 cm³/mol. The van der Waals surface area contributed by atoms with Gasteiger partial charge in [0.1, 0.15) is 5.75 Å². The number of thioether (sulfide) groups is 1. The van der Waals surface area contributed by atoms with Gasteiger partial charge in [0.25, 0.3) is 0 Å². The molecule has 2 aromatic rings. The van der Waals surface area contributed by atoms with Gasteiger partial charge in [-0.05, 0) is 36.4 Å². The van der Waals surface area contributed by atoms with Crippen LogP contribution < -0.4 is 24.3 Å². The highest BCUT2D eigenvalue weighted by molar-refractivity contribution is 8.00. The summed E-state index contributed by atoms with van der Waals surface area (Å²) in [6, 6.07) is 11.2. The fourth-order valence-electron chi connectivity index (χ4n) is 2.37. The number of ether oxygens (including phenoxy) is 4. The maximum Gasteiger partial charge on any atom is 0.230 e. The normalized spacial score (nSPS) is 10.2. The molecule has 0 aliphatic carbocycles. The van der Waals surface area contributed by atoms with E-state index in [1.54, 1.807) is 34.5 Å². The molecule has 0 aromatic heterocycles. The zero-order chi connectivity index (χ0) is 18.9. The van der Waals surface area contributed by atoms with Crippen molar-refractivity contribution in [2.45, 2.75) is 11.4 Å². The molecule has 26 heavy (non-hydrogen) atoms. The molecule has 0 radical (unpaired) electrons. The van der Waals surface area contributed by atoms with Crippen LogP contribution in [0.4, 0.5) is 0 Å². The predicted octanol–water partition coefficient (Wildman–Crippen LogP) is 3.13. The van der Waals surface area contributed by atoms with Gasteiger partial charge < -0.3 is 24.3 Å². The Morgan fingerprint density at radius 2 is 1.58 bits per heavy atom. The molecule has 0 fully saturated rings. The van der Waals surface area contributed by atoms with Crippen LogP contribution in [0.2, 0.25) is 0 Å². The second-order valence-electron chi connectivity index (χ2n) is 5.23. The number of amides is 1. The molecule has 0 bridgehead atoms. The van der Waals surface area contributed by atoms with Gasteiger partial charge in [0.2, 0.25) is 11.7 Å². The minimum atomic E-state index is -0.0670. The highest BCUT2D eigenvalue weighted by atomic mass is 32.2. The van der Waals surface area contributed by atoms with E-state index >= 15 is 0 Å². The van der Waals surface area contributed by atoms with Crippen molar-refractivity contribution in [1.29, 1.82) is 0 Å². The van der Waals surface area contributed by atoms with Crippen molar-refractivity contribution < 1.29 is 23.7 Å². The molecule has 0 saturated heterocycles. The average Bonchev–Trinajstić information content (AvgIpc) is 2.69. The van der Waals surface area contributed by atoms with E-state index in [4.69, 9.17) is 18.9 Å². The lowest BCUT2D eigenvalue weighted by molar-refractivity contribution is -0.118. The molecule has 0 aliphatic rings. The van der Waals surface area contributed by atoms with Crippen LogP contribution in [0, 0.1) is 0 Å². The highest BCUT2D eigenvalue weighted by Crippen LogP contribution is 2.39. The van der Waals surface area contributed by atoms with Crippen LogP contribution in [0.3, 0.4) is 0 Å². The number of methoxy groups -OCH3 is 4. The Morgan fingerprint density at radius 1 is 0.885 bits per heavy atom. The van der Waals surface area contributed by atoms with Crippen LogP contribution in [0.5, 0.6) is 23.0 Å². The lowest BCUT2D eigenvalue weighted by Crippen LogP contribution is -2.24. The maximum absolute atomic E-state index is 12.1. The van der Waals surface area contributed by atoms with Gasteiger partial charge in [-0.25, -0.2) is 0 Å². The Labute approximate surface area is 157 Å². The molecule has 0 saturated carbocycles. The highest BCUT2D eigenvalue weighted by Gasteiger charge is 2.16. The average molecular weight is 377 g/mol. The maximum atomic E-state index is 12.1. The van der Waals surface area contributed by atoms with E-state index in [-0.39, 0.29) is 5.91 Å². The number of hydrogen-bond acceptors (Lipinski definition) is 6. The van der Waals surface area contributed by atoms with E-state index in [0.29, 0.717) is 29.5 Å². The third-order valence-corrected chi connectivity index (χ3v) is 4.70. The van der Waals surface area contributed by atoms with Gasteiger partial charge in [-0.3, -0.25) is 4.79 Å². The van der Waals surface area contributed by atoms with E-state index in [9.17, 15) is 4.79 Å². The molecule has 0 spiro atoms. The Hall–Kier alpha value is -2.54. The summed E-state index contributed by atoms with van der Waals surface area (Å²) in [7, 11) is 6.30. The molecule has 2 rings (SSSR count). The van der Waals surface area contributed by atoms with Gasteiger partial charge in [-0.1, -0.05) is 0 Å². The van der Waals surface area contributed by atoms with E-state index in [1.807, 2.05) is 30.3 Å². The van der Waals surface area contributed by atoms with Crippen LogP contribution in [0.1, 0.15) is 5.56 Å². The van der Waals surface area contributed by atoms with Crippen molar-refractivity contribution >= 4 is 17.7 Å². The minimum absolute atomic E-state index is 0.0670. The van der Waals surface area contributed by atoms with Gasteiger partial charge in [0, 0.05) is 17.0 Å². The molecule has 0 unspecified atom stereocenters. The van der Waals surface area contributed by atoms with E-state index in [2.05, 4.69) is 5.32 Å². The van der Waals surface area contributed by atoms with Crippen molar-refractivity contribution in [3.63, 3.8) is 0 Å². The van der Waals surface area contributed by atoms with Crippen LogP contribution >= 0.6 is 11.8 Å². The number of carbonyl (C=O) groups excluding carboxylic acids is 1. The van der Waals surface area contributed by atoms with E-state index < -0.39 is 0 Å². The van der Waals surface area contributed by atoms with Crippen molar-refractivity contribution in [1.82, 2.24) is 5.32 Å². The summed E-state index contributed by atoms with van der Waals surface area (Å²) in [4.78, 5) is 13.1. The summed E-state index contributed by atoms with van der Waals surface area (Å²) >= 11 is 1.46. The minimum Gasteiger partial charge on any atom is -0.497 e. The number of rotatable bonds is 9. The van der Waals surface area contributed by atoms with Gasteiger partial charge >= 0.3 is 0 Å². The molecular weight excluding hydrogens is 354 g/mol. The molecule has 0 heterocycles. The van der Waals surface area contributed by atoms with Crippen molar-refractivity contribution in [2.24, 2.45) is 0 Å². The largest absolute Gasteiger partial charge is 0.497 e. The summed E-state index contributed by atoms with van der Waals surface area (Å²) < 4.78 is 21.2. The third kappa shape index (κ3) is 4.98. The summed E-state index contributed by atoms with van der Waals surface area (Å²) in [5.74, 6) is 2.68. The monoisotopic (exact) mass is 377 g/mol. The molecule has 0 aliphatic heterocycles. The quantitative estimate of drug-likeness (QED) is 0.678. The number of nitrogens with one attached hydrogen (secondary N) is 1. The Kier molecular flexibility index (Phi) is 7.47. The summed E-state index contributed by atoms with van der Waals surface area (Å²) in [5.41, 5.74) is 0.813.